The van der Waals surface area contributed by atoms with Crippen molar-refractivity contribution in [1.82, 2.24) is 0 Å². The highest BCUT2D eigenvalue weighted by molar-refractivity contribution is 14.1. The molecule has 0 nitrogen and oxygen atoms in total. The molecule has 0 aliphatic carbocycles. The Kier molecular flexibility index (Phi) is 4.38. The third-order valence-electron chi connectivity index (χ3n) is 1.46. The van der Waals surface area contributed by atoms with Crippen molar-refractivity contribution in [2.45, 2.75) is 13.3 Å². The first-order valence-corrected chi connectivity index (χ1v) is 6.52. The van der Waals surface area contributed by atoms with Gasteiger partial charge in [-0.3, -0.25) is 0 Å². The van der Waals surface area contributed by atoms with Crippen LogP contribution in [0.5, 0.6) is 0 Å². The van der Waals surface area contributed by atoms with Crippen molar-refractivity contribution in [3.05, 3.63) is 28.4 Å². The van der Waals surface area contributed by atoms with Gasteiger partial charge in [0, 0.05) is 10.7 Å². The molecule has 0 unspecified atom stereocenters. The molecular weight excluding hydrogens is 477 g/mol. The predicted molar refractivity (Wildman–Crippen MR) is 74.0 cm³/mol. The van der Waals surface area contributed by atoms with Crippen molar-refractivity contribution in [3.8, 4) is 0 Å². The number of hydrogen-bond donors (Lipinski definition) is 0. The van der Waals surface area contributed by atoms with Crippen LogP contribution in [0.2, 0.25) is 0 Å². The normalized spacial score (nSPS) is 10.2. The Morgan fingerprint density at radius 3 is 1.91 bits per heavy atom. The summed E-state index contributed by atoms with van der Waals surface area (Å²) in [6, 6.07) is 4.45. The van der Waals surface area contributed by atoms with Crippen LogP contribution in [0.1, 0.15) is 12.5 Å². The summed E-state index contributed by atoms with van der Waals surface area (Å²) >= 11 is 7.16. The summed E-state index contributed by atoms with van der Waals surface area (Å²) in [6.07, 6.45) is 1.13. The second-order valence-electron chi connectivity index (χ2n) is 2.20. The molecular formula is C8H7I3. The smallest absolute Gasteiger partial charge is 0.0183 e. The summed E-state index contributed by atoms with van der Waals surface area (Å²) < 4.78 is 4.11. The first-order valence-electron chi connectivity index (χ1n) is 3.28. The maximum atomic E-state index is 2.40. The summed E-state index contributed by atoms with van der Waals surface area (Å²) in [5.74, 6) is 0. The molecule has 0 aromatic heterocycles. The van der Waals surface area contributed by atoms with Crippen LogP contribution in [0.4, 0.5) is 0 Å². The minimum atomic E-state index is 1.13. The van der Waals surface area contributed by atoms with E-state index in [2.05, 4.69) is 86.8 Å². The fourth-order valence-corrected chi connectivity index (χ4v) is 5.26. The SMILES string of the molecule is CCc1c(I)cc(I)cc1I. The van der Waals surface area contributed by atoms with Crippen LogP contribution in [0.15, 0.2) is 12.1 Å². The predicted octanol–water partition coefficient (Wildman–Crippen LogP) is 4.06. The van der Waals surface area contributed by atoms with Crippen molar-refractivity contribution >= 4 is 67.8 Å². The van der Waals surface area contributed by atoms with Crippen molar-refractivity contribution in [1.29, 1.82) is 0 Å². The summed E-state index contributed by atoms with van der Waals surface area (Å²) in [5.41, 5.74) is 1.48. The van der Waals surface area contributed by atoms with Crippen molar-refractivity contribution in [3.63, 3.8) is 0 Å². The Balaban J connectivity index is 3.25. The molecule has 0 fully saturated rings. The van der Waals surface area contributed by atoms with E-state index in [1.807, 2.05) is 0 Å². The van der Waals surface area contributed by atoms with E-state index in [9.17, 15) is 0 Å². The average Bonchev–Trinajstić information content (AvgIpc) is 1.85. The van der Waals surface area contributed by atoms with Gasteiger partial charge < -0.3 is 0 Å². The van der Waals surface area contributed by atoms with E-state index in [0.717, 1.165) is 6.42 Å². The standard InChI is InChI=1S/C8H7I3/c1-2-6-7(10)3-5(9)4-8(6)11/h3-4H,2H2,1H3. The molecule has 1 aromatic rings. The number of rotatable bonds is 1. The quantitative estimate of drug-likeness (QED) is 0.529. The second-order valence-corrected chi connectivity index (χ2v) is 5.77. The molecule has 0 atom stereocenters. The van der Waals surface area contributed by atoms with Gasteiger partial charge >= 0.3 is 0 Å². The van der Waals surface area contributed by atoms with Crippen molar-refractivity contribution in [2.75, 3.05) is 0 Å². The molecule has 0 heterocycles. The molecule has 0 spiro atoms. The lowest BCUT2D eigenvalue weighted by Crippen LogP contribution is -1.91. The maximum absolute atomic E-state index is 2.40. The Morgan fingerprint density at radius 1 is 1.09 bits per heavy atom. The zero-order chi connectivity index (χ0) is 8.43. The first-order chi connectivity index (χ1) is 5.15. The number of halogens is 3. The monoisotopic (exact) mass is 484 g/mol. The van der Waals surface area contributed by atoms with Gasteiger partial charge in [0.2, 0.25) is 0 Å². The van der Waals surface area contributed by atoms with Gasteiger partial charge in [-0.1, -0.05) is 6.92 Å². The van der Waals surface area contributed by atoms with E-state index in [1.165, 1.54) is 16.3 Å². The molecule has 3 heteroatoms. The minimum absolute atomic E-state index is 1.13. The van der Waals surface area contributed by atoms with Gasteiger partial charge in [0.15, 0.2) is 0 Å². The van der Waals surface area contributed by atoms with Crippen molar-refractivity contribution < 1.29 is 0 Å². The van der Waals surface area contributed by atoms with Gasteiger partial charge in [0.1, 0.15) is 0 Å². The third kappa shape index (κ3) is 2.68. The van der Waals surface area contributed by atoms with Gasteiger partial charge in [0.25, 0.3) is 0 Å². The van der Waals surface area contributed by atoms with Gasteiger partial charge in [-0.2, -0.15) is 0 Å². The van der Waals surface area contributed by atoms with Gasteiger partial charge in [-0.05, 0) is 91.9 Å². The number of benzene rings is 1. The maximum Gasteiger partial charge on any atom is 0.0183 e. The molecule has 0 aliphatic rings. The van der Waals surface area contributed by atoms with E-state index in [1.54, 1.807) is 0 Å². The molecule has 0 amide bonds. The highest BCUT2D eigenvalue weighted by Crippen LogP contribution is 2.22. The molecule has 0 N–H and O–H groups in total. The molecule has 0 bridgehead atoms. The topological polar surface area (TPSA) is 0 Å². The molecule has 0 aliphatic heterocycles. The van der Waals surface area contributed by atoms with E-state index < -0.39 is 0 Å². The Labute approximate surface area is 108 Å². The van der Waals surface area contributed by atoms with Gasteiger partial charge in [-0.25, -0.2) is 0 Å². The summed E-state index contributed by atoms with van der Waals surface area (Å²) in [4.78, 5) is 0. The molecule has 60 valence electrons. The van der Waals surface area contributed by atoms with Crippen LogP contribution in [-0.2, 0) is 6.42 Å². The minimum Gasteiger partial charge on any atom is -0.0612 e. The largest absolute Gasteiger partial charge is 0.0612 e. The third-order valence-corrected chi connectivity index (χ3v) is 4.01. The Bertz CT molecular complexity index is 245. The van der Waals surface area contributed by atoms with Gasteiger partial charge in [0.05, 0.1) is 0 Å². The van der Waals surface area contributed by atoms with Crippen LogP contribution >= 0.6 is 67.8 Å². The van der Waals surface area contributed by atoms with Crippen LogP contribution in [0.25, 0.3) is 0 Å². The molecule has 0 saturated carbocycles. The number of hydrogen-bond acceptors (Lipinski definition) is 0. The van der Waals surface area contributed by atoms with E-state index in [0.29, 0.717) is 0 Å². The lowest BCUT2D eigenvalue weighted by Gasteiger charge is -2.04. The highest BCUT2D eigenvalue weighted by atomic mass is 127. The van der Waals surface area contributed by atoms with E-state index >= 15 is 0 Å². The van der Waals surface area contributed by atoms with E-state index in [-0.39, 0.29) is 0 Å². The summed E-state index contributed by atoms with van der Waals surface area (Å²) in [5, 5.41) is 0. The second kappa shape index (κ2) is 4.59. The summed E-state index contributed by atoms with van der Waals surface area (Å²) in [7, 11) is 0. The first kappa shape index (κ1) is 10.5. The van der Waals surface area contributed by atoms with Crippen LogP contribution < -0.4 is 0 Å². The summed E-state index contributed by atoms with van der Waals surface area (Å²) in [6.45, 7) is 2.20. The fraction of sp³-hybridized carbons (Fsp3) is 0.250. The molecule has 1 aromatic carbocycles. The average molecular weight is 484 g/mol. The Hall–Kier alpha value is 1.41. The fourth-order valence-electron chi connectivity index (χ4n) is 0.910. The van der Waals surface area contributed by atoms with Crippen LogP contribution in [0.3, 0.4) is 0 Å². The highest BCUT2D eigenvalue weighted by Gasteiger charge is 2.03. The van der Waals surface area contributed by atoms with Gasteiger partial charge in [-0.15, -0.1) is 0 Å². The molecule has 1 rings (SSSR count). The van der Waals surface area contributed by atoms with E-state index in [4.69, 9.17) is 0 Å². The zero-order valence-corrected chi connectivity index (χ0v) is 12.5. The molecule has 0 saturated heterocycles. The van der Waals surface area contributed by atoms with Crippen molar-refractivity contribution in [2.24, 2.45) is 0 Å². The molecule has 11 heavy (non-hydrogen) atoms. The lowest BCUT2D eigenvalue weighted by molar-refractivity contribution is 1.11. The Morgan fingerprint density at radius 2 is 1.55 bits per heavy atom. The van der Waals surface area contributed by atoms with Crippen LogP contribution in [-0.4, -0.2) is 0 Å². The zero-order valence-electron chi connectivity index (χ0n) is 6.00. The molecule has 0 radical (unpaired) electrons. The van der Waals surface area contributed by atoms with Crippen LogP contribution in [0, 0.1) is 10.7 Å². The lowest BCUT2D eigenvalue weighted by atomic mass is 10.2.